The first-order valence-corrected chi connectivity index (χ1v) is 8.58. The molecule has 0 rings (SSSR count). The van der Waals surface area contributed by atoms with Gasteiger partial charge in [0, 0.05) is 12.2 Å². The minimum absolute atomic E-state index is 0.383. The number of hydrogen-bond acceptors (Lipinski definition) is 4. The third-order valence-electron chi connectivity index (χ3n) is 3.98. The summed E-state index contributed by atoms with van der Waals surface area (Å²) in [7, 11) is 0. The molecule has 0 aromatic carbocycles. The highest BCUT2D eigenvalue weighted by Gasteiger charge is 2.09. The van der Waals surface area contributed by atoms with Crippen LogP contribution in [0, 0.1) is 11.8 Å². The largest absolute Gasteiger partial charge is 0.462 e. The quantitative estimate of drug-likeness (QED) is 0.398. The van der Waals surface area contributed by atoms with Crippen LogP contribution in [0.4, 0.5) is 0 Å². The summed E-state index contributed by atoms with van der Waals surface area (Å²) >= 11 is 0. The molecule has 0 saturated carbocycles. The summed E-state index contributed by atoms with van der Waals surface area (Å²) < 4.78 is 10.3. The summed E-state index contributed by atoms with van der Waals surface area (Å²) in [6.07, 6.45) is 8.62. The Kier molecular flexibility index (Phi) is 12.5. The van der Waals surface area contributed by atoms with E-state index < -0.39 is 11.9 Å². The molecule has 0 aliphatic carbocycles. The van der Waals surface area contributed by atoms with E-state index in [0.29, 0.717) is 25.0 Å². The highest BCUT2D eigenvalue weighted by Crippen LogP contribution is 2.13. The molecule has 0 radical (unpaired) electrons. The van der Waals surface area contributed by atoms with Crippen LogP contribution in [0.2, 0.25) is 0 Å². The molecule has 0 aromatic rings. The highest BCUT2D eigenvalue weighted by molar-refractivity contribution is 5.91. The van der Waals surface area contributed by atoms with E-state index in [4.69, 9.17) is 9.47 Å². The molecular formula is C18H32O4. The van der Waals surface area contributed by atoms with Crippen LogP contribution in [0.1, 0.15) is 66.2 Å². The van der Waals surface area contributed by atoms with Crippen molar-refractivity contribution in [2.45, 2.75) is 66.2 Å². The Morgan fingerprint density at radius 3 is 1.68 bits per heavy atom. The van der Waals surface area contributed by atoms with Crippen LogP contribution in [0.25, 0.3) is 0 Å². The Morgan fingerprint density at radius 2 is 1.27 bits per heavy atom. The zero-order valence-corrected chi connectivity index (χ0v) is 14.6. The fourth-order valence-corrected chi connectivity index (χ4v) is 2.05. The molecule has 128 valence electrons. The molecule has 0 aromatic heterocycles. The first-order chi connectivity index (χ1) is 10.6. The molecule has 1 atom stereocenters. The maximum Gasteiger partial charge on any atom is 0.331 e. The van der Waals surface area contributed by atoms with Gasteiger partial charge in [0.15, 0.2) is 0 Å². The summed E-state index contributed by atoms with van der Waals surface area (Å²) in [6, 6.07) is 0. The van der Waals surface area contributed by atoms with Gasteiger partial charge in [-0.15, -0.1) is 0 Å². The SMILES string of the molecule is CCCCC(CC)COC(=O)/C=C/C(=O)OCC(CC)CC. The first-order valence-electron chi connectivity index (χ1n) is 8.58. The third kappa shape index (κ3) is 10.4. The van der Waals surface area contributed by atoms with Crippen molar-refractivity contribution in [1.29, 1.82) is 0 Å². The summed E-state index contributed by atoms with van der Waals surface area (Å²) in [5.41, 5.74) is 0. The van der Waals surface area contributed by atoms with E-state index in [9.17, 15) is 9.59 Å². The molecule has 0 amide bonds. The lowest BCUT2D eigenvalue weighted by atomic mass is 10.0. The number of hydrogen-bond donors (Lipinski definition) is 0. The van der Waals surface area contributed by atoms with E-state index in [1.165, 1.54) is 0 Å². The van der Waals surface area contributed by atoms with Crippen LogP contribution in [-0.4, -0.2) is 25.2 Å². The Hall–Kier alpha value is -1.32. The van der Waals surface area contributed by atoms with Crippen molar-refractivity contribution in [3.8, 4) is 0 Å². The lowest BCUT2D eigenvalue weighted by molar-refractivity contribution is -0.142. The number of unbranched alkanes of at least 4 members (excludes halogenated alkanes) is 1. The van der Waals surface area contributed by atoms with E-state index in [1.807, 2.05) is 0 Å². The average Bonchev–Trinajstić information content (AvgIpc) is 2.54. The maximum atomic E-state index is 11.6. The Bertz CT molecular complexity index is 332. The second kappa shape index (κ2) is 13.4. The van der Waals surface area contributed by atoms with Crippen molar-refractivity contribution in [2.24, 2.45) is 11.8 Å². The van der Waals surface area contributed by atoms with Crippen molar-refractivity contribution in [1.82, 2.24) is 0 Å². The Morgan fingerprint density at radius 1 is 0.818 bits per heavy atom. The molecule has 0 fully saturated rings. The lowest BCUT2D eigenvalue weighted by Crippen LogP contribution is -2.14. The van der Waals surface area contributed by atoms with Crippen LogP contribution in [-0.2, 0) is 19.1 Å². The van der Waals surface area contributed by atoms with Crippen LogP contribution >= 0.6 is 0 Å². The molecule has 4 heteroatoms. The molecule has 0 aliphatic heterocycles. The normalized spacial score (nSPS) is 12.6. The molecule has 1 unspecified atom stereocenters. The summed E-state index contributed by atoms with van der Waals surface area (Å²) in [6.45, 7) is 9.20. The van der Waals surface area contributed by atoms with Crippen molar-refractivity contribution < 1.29 is 19.1 Å². The van der Waals surface area contributed by atoms with Gasteiger partial charge in [-0.2, -0.15) is 0 Å². The van der Waals surface area contributed by atoms with Gasteiger partial charge in [-0.05, 0) is 18.3 Å². The van der Waals surface area contributed by atoms with Gasteiger partial charge in [0.25, 0.3) is 0 Å². The van der Waals surface area contributed by atoms with Gasteiger partial charge >= 0.3 is 11.9 Å². The lowest BCUT2D eigenvalue weighted by Gasteiger charge is -2.13. The van der Waals surface area contributed by atoms with Crippen LogP contribution in [0.15, 0.2) is 12.2 Å². The Labute approximate surface area is 135 Å². The molecule has 0 bridgehead atoms. The number of rotatable bonds is 12. The van der Waals surface area contributed by atoms with E-state index in [-0.39, 0.29) is 0 Å². The van der Waals surface area contributed by atoms with E-state index in [0.717, 1.165) is 50.7 Å². The average molecular weight is 312 g/mol. The van der Waals surface area contributed by atoms with Crippen LogP contribution in [0.5, 0.6) is 0 Å². The number of carbonyl (C=O) groups excluding carboxylic acids is 2. The number of esters is 2. The van der Waals surface area contributed by atoms with Gasteiger partial charge in [-0.25, -0.2) is 9.59 Å². The molecule has 0 N–H and O–H groups in total. The maximum absolute atomic E-state index is 11.6. The summed E-state index contributed by atoms with van der Waals surface area (Å²) in [5.74, 6) is -0.177. The second-order valence-electron chi connectivity index (χ2n) is 5.69. The predicted octanol–water partition coefficient (Wildman–Crippen LogP) is 4.28. The summed E-state index contributed by atoms with van der Waals surface area (Å²) in [5, 5.41) is 0. The standard InChI is InChI=1S/C18H32O4/c1-5-9-10-16(8-4)14-22-18(20)12-11-17(19)21-13-15(6-2)7-3/h11-12,15-16H,5-10,13-14H2,1-4H3/b12-11+. The monoisotopic (exact) mass is 312 g/mol. The van der Waals surface area contributed by atoms with Crippen LogP contribution < -0.4 is 0 Å². The minimum atomic E-state index is -0.484. The predicted molar refractivity (Wildman–Crippen MR) is 88.4 cm³/mol. The van der Waals surface area contributed by atoms with Gasteiger partial charge in [0.1, 0.15) is 0 Å². The smallest absolute Gasteiger partial charge is 0.331 e. The van der Waals surface area contributed by atoms with Crippen molar-refractivity contribution >= 4 is 11.9 Å². The molecule has 0 heterocycles. The molecule has 22 heavy (non-hydrogen) atoms. The van der Waals surface area contributed by atoms with Crippen molar-refractivity contribution in [2.75, 3.05) is 13.2 Å². The fourth-order valence-electron chi connectivity index (χ4n) is 2.05. The molecule has 0 saturated heterocycles. The third-order valence-corrected chi connectivity index (χ3v) is 3.98. The number of ether oxygens (including phenoxy) is 2. The van der Waals surface area contributed by atoms with Gasteiger partial charge in [0.05, 0.1) is 13.2 Å². The van der Waals surface area contributed by atoms with Gasteiger partial charge in [0.2, 0.25) is 0 Å². The zero-order valence-electron chi connectivity index (χ0n) is 14.6. The second-order valence-corrected chi connectivity index (χ2v) is 5.69. The van der Waals surface area contributed by atoms with E-state index in [2.05, 4.69) is 27.7 Å². The molecular weight excluding hydrogens is 280 g/mol. The van der Waals surface area contributed by atoms with Crippen LogP contribution in [0.3, 0.4) is 0 Å². The minimum Gasteiger partial charge on any atom is -0.462 e. The molecule has 4 nitrogen and oxygen atoms in total. The fraction of sp³-hybridized carbons (Fsp3) is 0.778. The van der Waals surface area contributed by atoms with E-state index >= 15 is 0 Å². The Balaban J connectivity index is 4.00. The first kappa shape index (κ1) is 20.7. The topological polar surface area (TPSA) is 52.6 Å². The highest BCUT2D eigenvalue weighted by atomic mass is 16.5. The zero-order chi connectivity index (χ0) is 16.8. The van der Waals surface area contributed by atoms with E-state index in [1.54, 1.807) is 0 Å². The van der Waals surface area contributed by atoms with Crippen molar-refractivity contribution in [3.63, 3.8) is 0 Å². The van der Waals surface area contributed by atoms with Crippen molar-refractivity contribution in [3.05, 3.63) is 12.2 Å². The van der Waals surface area contributed by atoms with Gasteiger partial charge in [-0.3, -0.25) is 0 Å². The van der Waals surface area contributed by atoms with Gasteiger partial charge in [-0.1, -0.05) is 59.8 Å². The van der Waals surface area contributed by atoms with Gasteiger partial charge < -0.3 is 9.47 Å². The number of carbonyl (C=O) groups is 2. The summed E-state index contributed by atoms with van der Waals surface area (Å²) in [4.78, 5) is 23.1. The molecule has 0 spiro atoms. The molecule has 0 aliphatic rings.